The summed E-state index contributed by atoms with van der Waals surface area (Å²) < 4.78 is 4.66. The third kappa shape index (κ3) is 6.00. The zero-order chi connectivity index (χ0) is 41.0. The topological polar surface area (TPSA) is 35.6 Å². The van der Waals surface area contributed by atoms with Gasteiger partial charge in [0.05, 0.1) is 33.5 Å². The van der Waals surface area contributed by atoms with Crippen LogP contribution in [0.4, 0.5) is 0 Å². The summed E-state index contributed by atoms with van der Waals surface area (Å²) in [6.45, 7) is 0. The molecule has 0 radical (unpaired) electrons. The second-order valence-corrected chi connectivity index (χ2v) is 15.8. The lowest BCUT2D eigenvalue weighted by atomic mass is 9.95. The standard InChI is InChI=1S/C58H38N4/c1-6-18-39(19-7-1)45-36-48(40-20-8-2-9-21-40)57-51(37-45)50-35-44(43-30-32-55-49(34-43)47-28-16-17-29-54(47)61(55)46-26-14-5-15-27-46)31-33-56(50)62(57)58-59-52(41-22-10-3-11-23-41)38-53(60-58)42-24-12-4-13-25-42/h1-38H. The highest BCUT2D eigenvalue weighted by molar-refractivity contribution is 6.16. The van der Waals surface area contributed by atoms with Gasteiger partial charge in [-0.1, -0.05) is 170 Å². The van der Waals surface area contributed by atoms with Crippen molar-refractivity contribution in [1.82, 2.24) is 19.1 Å². The van der Waals surface area contributed by atoms with Crippen LogP contribution in [0, 0.1) is 0 Å². The van der Waals surface area contributed by atoms with Gasteiger partial charge in [-0.05, 0) is 88.5 Å². The Morgan fingerprint density at radius 2 is 0.726 bits per heavy atom. The van der Waals surface area contributed by atoms with Gasteiger partial charge in [0.15, 0.2) is 0 Å². The van der Waals surface area contributed by atoms with Crippen LogP contribution in [0.1, 0.15) is 0 Å². The maximum absolute atomic E-state index is 5.41. The average Bonchev–Trinajstić information content (AvgIpc) is 3.87. The van der Waals surface area contributed by atoms with Crippen LogP contribution < -0.4 is 0 Å². The summed E-state index contributed by atoms with van der Waals surface area (Å²) in [5.74, 6) is 0.623. The van der Waals surface area contributed by atoms with Gasteiger partial charge in [0.1, 0.15) is 0 Å². The Bertz CT molecular complexity index is 3530. The van der Waals surface area contributed by atoms with Crippen molar-refractivity contribution in [2.45, 2.75) is 0 Å². The number of rotatable bonds is 7. The van der Waals surface area contributed by atoms with Crippen molar-refractivity contribution < 1.29 is 0 Å². The maximum Gasteiger partial charge on any atom is 0.235 e. The minimum Gasteiger partial charge on any atom is -0.309 e. The lowest BCUT2D eigenvalue weighted by molar-refractivity contribution is 0.996. The van der Waals surface area contributed by atoms with Crippen molar-refractivity contribution in [3.63, 3.8) is 0 Å². The fourth-order valence-corrected chi connectivity index (χ4v) is 9.23. The van der Waals surface area contributed by atoms with Gasteiger partial charge >= 0.3 is 0 Å². The van der Waals surface area contributed by atoms with E-state index < -0.39 is 0 Å². The van der Waals surface area contributed by atoms with E-state index in [4.69, 9.17) is 9.97 Å². The van der Waals surface area contributed by atoms with E-state index in [2.05, 4.69) is 228 Å². The third-order valence-corrected chi connectivity index (χ3v) is 12.1. The highest BCUT2D eigenvalue weighted by Gasteiger charge is 2.22. The molecule has 0 aliphatic carbocycles. The van der Waals surface area contributed by atoms with Crippen molar-refractivity contribution in [2.75, 3.05) is 0 Å². The Kier molecular flexibility index (Phi) is 8.46. The molecule has 12 aromatic rings. The van der Waals surface area contributed by atoms with Crippen LogP contribution in [0.2, 0.25) is 0 Å². The fraction of sp³-hybridized carbons (Fsp3) is 0. The van der Waals surface area contributed by atoms with Gasteiger partial charge in [-0.2, -0.15) is 0 Å². The van der Waals surface area contributed by atoms with Crippen molar-refractivity contribution in [3.8, 4) is 67.5 Å². The summed E-state index contributed by atoms with van der Waals surface area (Å²) in [4.78, 5) is 10.8. The predicted molar refractivity (Wildman–Crippen MR) is 258 cm³/mol. The molecule has 290 valence electrons. The molecule has 0 saturated heterocycles. The number of fused-ring (bicyclic) bond motifs is 6. The quantitative estimate of drug-likeness (QED) is 0.161. The van der Waals surface area contributed by atoms with Crippen LogP contribution in [0.3, 0.4) is 0 Å². The van der Waals surface area contributed by atoms with Gasteiger partial charge in [-0.15, -0.1) is 0 Å². The van der Waals surface area contributed by atoms with E-state index in [9.17, 15) is 0 Å². The van der Waals surface area contributed by atoms with E-state index in [1.165, 1.54) is 21.8 Å². The Morgan fingerprint density at radius 3 is 1.32 bits per heavy atom. The molecule has 0 fully saturated rings. The van der Waals surface area contributed by atoms with Gasteiger partial charge in [-0.3, -0.25) is 4.57 Å². The molecule has 9 aromatic carbocycles. The summed E-state index contributed by atoms with van der Waals surface area (Å²) in [7, 11) is 0. The first-order chi connectivity index (χ1) is 30.7. The number of aromatic nitrogens is 4. The predicted octanol–water partition coefficient (Wildman–Crippen LogP) is 15.0. The normalized spacial score (nSPS) is 11.5. The molecule has 0 N–H and O–H groups in total. The maximum atomic E-state index is 5.41. The molecule has 0 unspecified atom stereocenters. The van der Waals surface area contributed by atoms with Gasteiger partial charge in [0.2, 0.25) is 5.95 Å². The summed E-state index contributed by atoms with van der Waals surface area (Å²) in [6, 6.07) is 82.2. The molecule has 0 aliphatic rings. The van der Waals surface area contributed by atoms with Crippen LogP contribution >= 0.6 is 0 Å². The lowest BCUT2D eigenvalue weighted by Gasteiger charge is -2.15. The molecule has 0 aliphatic heterocycles. The van der Waals surface area contributed by atoms with Gasteiger partial charge in [-0.25, -0.2) is 9.97 Å². The van der Waals surface area contributed by atoms with Crippen LogP contribution in [0.5, 0.6) is 0 Å². The highest BCUT2D eigenvalue weighted by Crippen LogP contribution is 2.43. The van der Waals surface area contributed by atoms with Crippen molar-refractivity contribution in [1.29, 1.82) is 0 Å². The van der Waals surface area contributed by atoms with Gasteiger partial charge in [0.25, 0.3) is 0 Å². The first-order valence-electron chi connectivity index (χ1n) is 21.1. The zero-order valence-electron chi connectivity index (χ0n) is 33.7. The molecule has 3 heterocycles. The van der Waals surface area contributed by atoms with Crippen molar-refractivity contribution >= 4 is 43.6 Å². The van der Waals surface area contributed by atoms with Gasteiger partial charge in [0, 0.05) is 43.9 Å². The molecule has 0 spiro atoms. The first kappa shape index (κ1) is 35.6. The summed E-state index contributed by atoms with van der Waals surface area (Å²) in [6.07, 6.45) is 0. The van der Waals surface area contributed by atoms with E-state index in [0.717, 1.165) is 83.4 Å². The zero-order valence-corrected chi connectivity index (χ0v) is 33.7. The van der Waals surface area contributed by atoms with E-state index in [1.54, 1.807) is 0 Å². The fourth-order valence-electron chi connectivity index (χ4n) is 9.23. The Balaban J connectivity index is 1.16. The van der Waals surface area contributed by atoms with E-state index >= 15 is 0 Å². The Hall–Kier alpha value is -8.34. The number of hydrogen-bond acceptors (Lipinski definition) is 2. The average molecular weight is 791 g/mol. The molecule has 0 saturated carbocycles. The van der Waals surface area contributed by atoms with Gasteiger partial charge < -0.3 is 4.57 Å². The van der Waals surface area contributed by atoms with E-state index in [1.807, 2.05) is 12.1 Å². The SMILES string of the molecule is c1ccc(-c2cc(-c3ccccc3)c3c(c2)c2cc(-c4ccc5c(c4)c4ccccc4n5-c4ccccc4)ccc2n3-c2nc(-c3ccccc3)cc(-c3ccccc3)n2)cc1. The van der Waals surface area contributed by atoms with Crippen LogP contribution in [0.15, 0.2) is 231 Å². The molecule has 3 aromatic heterocycles. The Morgan fingerprint density at radius 1 is 0.274 bits per heavy atom. The van der Waals surface area contributed by atoms with Crippen LogP contribution in [-0.2, 0) is 0 Å². The van der Waals surface area contributed by atoms with Crippen molar-refractivity contribution in [2.24, 2.45) is 0 Å². The molecular weight excluding hydrogens is 753 g/mol. The summed E-state index contributed by atoms with van der Waals surface area (Å²) >= 11 is 0. The molecule has 4 nitrogen and oxygen atoms in total. The van der Waals surface area contributed by atoms with Crippen molar-refractivity contribution in [3.05, 3.63) is 231 Å². The summed E-state index contributed by atoms with van der Waals surface area (Å²) in [5.41, 5.74) is 16.3. The second-order valence-electron chi connectivity index (χ2n) is 15.8. The second kappa shape index (κ2) is 14.7. The van der Waals surface area contributed by atoms with Crippen LogP contribution in [0.25, 0.3) is 111 Å². The highest BCUT2D eigenvalue weighted by atomic mass is 15.2. The molecular formula is C58H38N4. The first-order valence-corrected chi connectivity index (χ1v) is 21.1. The van der Waals surface area contributed by atoms with Crippen LogP contribution in [-0.4, -0.2) is 19.1 Å². The largest absolute Gasteiger partial charge is 0.309 e. The third-order valence-electron chi connectivity index (χ3n) is 12.1. The lowest BCUT2D eigenvalue weighted by Crippen LogP contribution is -2.04. The minimum absolute atomic E-state index is 0.623. The number of para-hydroxylation sites is 2. The molecule has 0 amide bonds. The number of benzene rings is 9. The minimum atomic E-state index is 0.623. The van der Waals surface area contributed by atoms with E-state index in [-0.39, 0.29) is 0 Å². The number of hydrogen-bond donors (Lipinski definition) is 0. The monoisotopic (exact) mass is 790 g/mol. The molecule has 0 bridgehead atoms. The number of nitrogens with zero attached hydrogens (tertiary/aromatic N) is 4. The molecule has 4 heteroatoms. The smallest absolute Gasteiger partial charge is 0.235 e. The Labute approximate surface area is 359 Å². The van der Waals surface area contributed by atoms with E-state index in [0.29, 0.717) is 5.95 Å². The molecule has 62 heavy (non-hydrogen) atoms. The summed E-state index contributed by atoms with van der Waals surface area (Å²) in [5, 5.41) is 4.73. The molecule has 0 atom stereocenters. The molecule has 12 rings (SSSR count).